The number of imidazole rings is 1. The topological polar surface area (TPSA) is 60.9 Å². The molecule has 18 heavy (non-hydrogen) atoms. The van der Waals surface area contributed by atoms with Crippen molar-refractivity contribution >= 4 is 0 Å². The van der Waals surface area contributed by atoms with Gasteiger partial charge in [-0.25, -0.2) is 4.98 Å². The molecule has 0 aliphatic rings. The normalized spacial score (nSPS) is 14.4. The second-order valence-electron chi connectivity index (χ2n) is 4.70. The van der Waals surface area contributed by atoms with Crippen molar-refractivity contribution in [2.24, 2.45) is 0 Å². The lowest BCUT2D eigenvalue weighted by molar-refractivity contribution is 0.173. The molecule has 3 N–H and O–H groups in total. The summed E-state index contributed by atoms with van der Waals surface area (Å²) in [5.41, 5.74) is 1.65. The molecule has 4 heteroatoms. The van der Waals surface area contributed by atoms with Gasteiger partial charge in [0.25, 0.3) is 0 Å². The Labute approximate surface area is 107 Å². The summed E-state index contributed by atoms with van der Waals surface area (Å²) < 4.78 is 0. The van der Waals surface area contributed by atoms with Gasteiger partial charge in [-0.2, -0.15) is 0 Å². The van der Waals surface area contributed by atoms with E-state index in [1.165, 1.54) is 0 Å². The zero-order valence-electron chi connectivity index (χ0n) is 10.8. The van der Waals surface area contributed by atoms with Crippen LogP contribution in [-0.2, 0) is 12.1 Å². The number of nitrogens with one attached hydrogen (secondary N) is 2. The van der Waals surface area contributed by atoms with E-state index >= 15 is 0 Å². The molecule has 1 heterocycles. The molecule has 2 rings (SSSR count). The van der Waals surface area contributed by atoms with E-state index in [0.29, 0.717) is 6.54 Å². The van der Waals surface area contributed by atoms with Crippen LogP contribution in [0.25, 0.3) is 0 Å². The minimum Gasteiger partial charge on any atom is -0.394 e. The van der Waals surface area contributed by atoms with Crippen LogP contribution in [-0.4, -0.2) is 21.7 Å². The van der Waals surface area contributed by atoms with E-state index < -0.39 is 5.54 Å². The monoisotopic (exact) mass is 245 g/mol. The second kappa shape index (κ2) is 5.33. The molecule has 96 valence electrons. The van der Waals surface area contributed by atoms with Crippen molar-refractivity contribution < 1.29 is 5.11 Å². The van der Waals surface area contributed by atoms with Gasteiger partial charge in [0.15, 0.2) is 0 Å². The molecule has 0 amide bonds. The molecule has 1 unspecified atom stereocenters. The number of benzene rings is 1. The average Bonchev–Trinajstić information content (AvgIpc) is 2.83. The minimum atomic E-state index is -0.444. The van der Waals surface area contributed by atoms with Crippen molar-refractivity contribution in [3.8, 4) is 0 Å². The third-order valence-electron chi connectivity index (χ3n) is 3.15. The summed E-state index contributed by atoms with van der Waals surface area (Å²) in [6, 6.07) is 9.96. The molecule has 0 aliphatic carbocycles. The van der Waals surface area contributed by atoms with E-state index in [2.05, 4.69) is 15.3 Å². The summed E-state index contributed by atoms with van der Waals surface area (Å²) in [6.45, 7) is 4.61. The lowest BCUT2D eigenvalue weighted by Crippen LogP contribution is -2.42. The first-order chi connectivity index (χ1) is 8.64. The molecule has 0 bridgehead atoms. The molecule has 0 saturated heterocycles. The number of H-pyrrole nitrogens is 1. The van der Waals surface area contributed by atoms with Crippen molar-refractivity contribution in [2.75, 3.05) is 6.61 Å². The lowest BCUT2D eigenvalue weighted by atomic mass is 9.93. The fourth-order valence-corrected chi connectivity index (χ4v) is 1.91. The third-order valence-corrected chi connectivity index (χ3v) is 3.15. The highest BCUT2D eigenvalue weighted by Gasteiger charge is 2.24. The Morgan fingerprint density at radius 1 is 1.33 bits per heavy atom. The molecule has 2 aromatic rings. The van der Waals surface area contributed by atoms with Gasteiger partial charge in [-0.1, -0.05) is 30.3 Å². The van der Waals surface area contributed by atoms with Gasteiger partial charge in [0.2, 0.25) is 0 Å². The molecule has 0 aliphatic heterocycles. The molecule has 0 saturated carbocycles. The zero-order chi connectivity index (χ0) is 13.0. The summed E-state index contributed by atoms with van der Waals surface area (Å²) in [6.07, 6.45) is 1.81. The van der Waals surface area contributed by atoms with Gasteiger partial charge in [-0.3, -0.25) is 0 Å². The number of aliphatic hydroxyl groups excluding tert-OH is 1. The summed E-state index contributed by atoms with van der Waals surface area (Å²) in [5.74, 6) is 0.900. The van der Waals surface area contributed by atoms with E-state index in [0.717, 1.165) is 17.1 Å². The molecule has 0 fully saturated rings. The molecule has 4 nitrogen and oxygen atoms in total. The predicted octanol–water partition coefficient (Wildman–Crippen LogP) is 1.72. The number of aliphatic hydroxyl groups is 1. The van der Waals surface area contributed by atoms with Crippen LogP contribution in [0.15, 0.2) is 36.5 Å². The van der Waals surface area contributed by atoms with Gasteiger partial charge in [-0.15, -0.1) is 0 Å². The Bertz CT molecular complexity index is 495. The predicted molar refractivity (Wildman–Crippen MR) is 71.0 cm³/mol. The maximum absolute atomic E-state index is 9.63. The van der Waals surface area contributed by atoms with E-state index in [1.54, 1.807) is 0 Å². The Kier molecular flexibility index (Phi) is 3.79. The molecular weight excluding hydrogens is 226 g/mol. The van der Waals surface area contributed by atoms with Crippen LogP contribution in [0, 0.1) is 6.92 Å². The Hall–Kier alpha value is -1.65. The Balaban J connectivity index is 2.09. The maximum Gasteiger partial charge on any atom is 0.103 e. The summed E-state index contributed by atoms with van der Waals surface area (Å²) >= 11 is 0. The van der Waals surface area contributed by atoms with Gasteiger partial charge < -0.3 is 15.4 Å². The molecular formula is C14H19N3O. The molecule has 1 atom stereocenters. The molecule has 1 aromatic carbocycles. The summed E-state index contributed by atoms with van der Waals surface area (Å²) in [7, 11) is 0. The first kappa shape index (κ1) is 12.8. The second-order valence-corrected chi connectivity index (χ2v) is 4.70. The highest BCUT2D eigenvalue weighted by Crippen LogP contribution is 2.20. The number of hydrogen-bond acceptors (Lipinski definition) is 3. The molecule has 0 radical (unpaired) electrons. The van der Waals surface area contributed by atoms with Crippen LogP contribution in [0.5, 0.6) is 0 Å². The highest BCUT2D eigenvalue weighted by molar-refractivity contribution is 5.23. The van der Waals surface area contributed by atoms with Crippen LogP contribution in [0.2, 0.25) is 0 Å². The van der Waals surface area contributed by atoms with Gasteiger partial charge in [0, 0.05) is 18.4 Å². The van der Waals surface area contributed by atoms with E-state index in [1.807, 2.05) is 50.4 Å². The standard InChI is InChI=1S/C14H19N3O/c1-11-15-8-13(17-11)9-16-14(2,10-18)12-6-4-3-5-7-12/h3-8,16,18H,9-10H2,1-2H3,(H,15,17). The van der Waals surface area contributed by atoms with Crippen molar-refractivity contribution in [1.29, 1.82) is 0 Å². The number of hydrogen-bond donors (Lipinski definition) is 3. The fourth-order valence-electron chi connectivity index (χ4n) is 1.91. The van der Waals surface area contributed by atoms with Crippen LogP contribution in [0.3, 0.4) is 0 Å². The zero-order valence-corrected chi connectivity index (χ0v) is 10.8. The number of aromatic nitrogens is 2. The van der Waals surface area contributed by atoms with E-state index in [9.17, 15) is 5.11 Å². The smallest absolute Gasteiger partial charge is 0.103 e. The fraction of sp³-hybridized carbons (Fsp3) is 0.357. The van der Waals surface area contributed by atoms with Crippen LogP contribution in [0.1, 0.15) is 24.0 Å². The Morgan fingerprint density at radius 3 is 2.61 bits per heavy atom. The first-order valence-corrected chi connectivity index (χ1v) is 6.06. The first-order valence-electron chi connectivity index (χ1n) is 6.06. The van der Waals surface area contributed by atoms with Crippen molar-refractivity contribution in [2.45, 2.75) is 25.9 Å². The van der Waals surface area contributed by atoms with Gasteiger partial charge in [0.05, 0.1) is 12.1 Å². The van der Waals surface area contributed by atoms with Crippen molar-refractivity contribution in [3.63, 3.8) is 0 Å². The van der Waals surface area contributed by atoms with E-state index in [4.69, 9.17) is 0 Å². The average molecular weight is 245 g/mol. The number of nitrogens with zero attached hydrogens (tertiary/aromatic N) is 1. The van der Waals surface area contributed by atoms with Gasteiger partial charge in [0.1, 0.15) is 5.82 Å². The van der Waals surface area contributed by atoms with Crippen LogP contribution < -0.4 is 5.32 Å². The van der Waals surface area contributed by atoms with Crippen LogP contribution >= 0.6 is 0 Å². The highest BCUT2D eigenvalue weighted by atomic mass is 16.3. The number of aromatic amines is 1. The lowest BCUT2D eigenvalue weighted by Gasteiger charge is -2.29. The largest absolute Gasteiger partial charge is 0.394 e. The third kappa shape index (κ3) is 2.78. The summed E-state index contributed by atoms with van der Waals surface area (Å²) in [4.78, 5) is 7.33. The maximum atomic E-state index is 9.63. The molecule has 1 aromatic heterocycles. The van der Waals surface area contributed by atoms with Crippen LogP contribution in [0.4, 0.5) is 0 Å². The van der Waals surface area contributed by atoms with Crippen molar-refractivity contribution in [1.82, 2.24) is 15.3 Å². The number of rotatable bonds is 5. The molecule has 0 spiro atoms. The summed E-state index contributed by atoms with van der Waals surface area (Å²) in [5, 5.41) is 13.0. The Morgan fingerprint density at radius 2 is 2.06 bits per heavy atom. The van der Waals surface area contributed by atoms with Crippen molar-refractivity contribution in [3.05, 3.63) is 53.6 Å². The minimum absolute atomic E-state index is 0.0458. The SMILES string of the molecule is Cc1ncc(CNC(C)(CO)c2ccccc2)[nH]1. The van der Waals surface area contributed by atoms with Gasteiger partial charge >= 0.3 is 0 Å². The van der Waals surface area contributed by atoms with E-state index in [-0.39, 0.29) is 6.61 Å². The quantitative estimate of drug-likeness (QED) is 0.751. The number of aryl methyl sites for hydroxylation is 1. The van der Waals surface area contributed by atoms with Gasteiger partial charge in [-0.05, 0) is 19.4 Å².